The first-order valence-corrected chi connectivity index (χ1v) is 10.4. The van der Waals surface area contributed by atoms with E-state index in [1.165, 1.54) is 12.1 Å². The summed E-state index contributed by atoms with van der Waals surface area (Å²) in [5.41, 5.74) is 1.44. The predicted octanol–water partition coefficient (Wildman–Crippen LogP) is 3.98. The van der Waals surface area contributed by atoms with Gasteiger partial charge in [0.1, 0.15) is 17.3 Å². The van der Waals surface area contributed by atoms with E-state index in [-0.39, 0.29) is 22.8 Å². The van der Waals surface area contributed by atoms with Gasteiger partial charge < -0.3 is 24.1 Å². The molecule has 1 N–H and O–H groups in total. The number of nitrogens with zero attached hydrogens (tertiary/aromatic N) is 1. The Hall–Kier alpha value is -3.39. The zero-order valence-electron chi connectivity index (χ0n) is 18.0. The van der Waals surface area contributed by atoms with Crippen molar-refractivity contribution in [1.82, 2.24) is 10.5 Å². The molecule has 1 aromatic heterocycles. The number of carbonyl (C=O) groups excluding carboxylic acids is 1. The molecule has 0 radical (unpaired) electrons. The maximum absolute atomic E-state index is 13.4. The fraction of sp³-hybridized carbons (Fsp3) is 0.333. The highest BCUT2D eigenvalue weighted by atomic mass is 19.1. The van der Waals surface area contributed by atoms with Gasteiger partial charge in [0.05, 0.1) is 19.8 Å². The lowest BCUT2D eigenvalue weighted by molar-refractivity contribution is 0.0486. The highest BCUT2D eigenvalue weighted by Crippen LogP contribution is 2.35. The van der Waals surface area contributed by atoms with E-state index in [0.717, 1.165) is 18.4 Å². The lowest BCUT2D eigenvalue weighted by Gasteiger charge is -2.37. The summed E-state index contributed by atoms with van der Waals surface area (Å²) < 4.78 is 35.0. The molecule has 32 heavy (non-hydrogen) atoms. The second-order valence-corrected chi connectivity index (χ2v) is 7.72. The van der Waals surface area contributed by atoms with Gasteiger partial charge in [0.2, 0.25) is 0 Å². The molecule has 0 unspecified atom stereocenters. The zero-order chi connectivity index (χ0) is 22.6. The lowest BCUT2D eigenvalue weighted by Crippen LogP contribution is -2.44. The minimum atomic E-state index is -0.352. The molecule has 4 rings (SSSR count). The SMILES string of the molecule is COc1ccc(OC)c(-c2cc(C(=O)NCC3(c4ccc(F)cc4)CCOCC3)no2)c1. The summed E-state index contributed by atoms with van der Waals surface area (Å²) >= 11 is 0. The maximum Gasteiger partial charge on any atom is 0.273 e. The maximum atomic E-state index is 13.4. The highest BCUT2D eigenvalue weighted by Gasteiger charge is 2.35. The first kappa shape index (κ1) is 21.8. The van der Waals surface area contributed by atoms with Crippen LogP contribution in [0.4, 0.5) is 4.39 Å². The number of methoxy groups -OCH3 is 2. The Balaban J connectivity index is 1.52. The van der Waals surface area contributed by atoms with Crippen LogP contribution in [0.15, 0.2) is 53.1 Å². The van der Waals surface area contributed by atoms with E-state index >= 15 is 0 Å². The van der Waals surface area contributed by atoms with Crippen molar-refractivity contribution in [1.29, 1.82) is 0 Å². The summed E-state index contributed by atoms with van der Waals surface area (Å²) in [4.78, 5) is 12.9. The molecule has 1 fully saturated rings. The quantitative estimate of drug-likeness (QED) is 0.599. The number of amides is 1. The Labute approximate surface area is 185 Å². The first-order chi connectivity index (χ1) is 15.5. The topological polar surface area (TPSA) is 82.8 Å². The summed E-state index contributed by atoms with van der Waals surface area (Å²) in [6.45, 7) is 1.54. The normalized spacial score (nSPS) is 15.2. The van der Waals surface area contributed by atoms with Gasteiger partial charge in [-0.3, -0.25) is 4.79 Å². The molecule has 1 aliphatic rings. The first-order valence-electron chi connectivity index (χ1n) is 10.4. The summed E-state index contributed by atoms with van der Waals surface area (Å²) in [5, 5.41) is 6.91. The van der Waals surface area contributed by atoms with Crippen LogP contribution in [-0.2, 0) is 10.2 Å². The van der Waals surface area contributed by atoms with Gasteiger partial charge in [0.15, 0.2) is 11.5 Å². The van der Waals surface area contributed by atoms with Crippen LogP contribution >= 0.6 is 0 Å². The van der Waals surface area contributed by atoms with Crippen molar-refractivity contribution < 1.29 is 27.9 Å². The number of carbonyl (C=O) groups is 1. The second-order valence-electron chi connectivity index (χ2n) is 7.72. The van der Waals surface area contributed by atoms with Crippen molar-refractivity contribution in [3.63, 3.8) is 0 Å². The number of rotatable bonds is 7. The minimum Gasteiger partial charge on any atom is -0.497 e. The van der Waals surface area contributed by atoms with E-state index in [2.05, 4.69) is 10.5 Å². The molecule has 0 bridgehead atoms. The number of halogens is 1. The molecular weight excluding hydrogens is 415 g/mol. The largest absolute Gasteiger partial charge is 0.497 e. The van der Waals surface area contributed by atoms with E-state index in [4.69, 9.17) is 18.7 Å². The lowest BCUT2D eigenvalue weighted by atomic mass is 9.74. The van der Waals surface area contributed by atoms with Crippen LogP contribution in [0, 0.1) is 5.82 Å². The number of aromatic nitrogens is 1. The van der Waals surface area contributed by atoms with Crippen LogP contribution in [0.1, 0.15) is 28.9 Å². The van der Waals surface area contributed by atoms with Gasteiger partial charge in [0, 0.05) is 31.2 Å². The fourth-order valence-corrected chi connectivity index (χ4v) is 3.99. The van der Waals surface area contributed by atoms with Crippen molar-refractivity contribution >= 4 is 5.91 Å². The highest BCUT2D eigenvalue weighted by molar-refractivity contribution is 5.93. The molecule has 2 heterocycles. The Bertz CT molecular complexity index is 1070. The summed E-state index contributed by atoms with van der Waals surface area (Å²) in [5.74, 6) is 0.957. The predicted molar refractivity (Wildman–Crippen MR) is 116 cm³/mol. The molecule has 168 valence electrons. The van der Waals surface area contributed by atoms with Crippen LogP contribution in [-0.4, -0.2) is 45.0 Å². The molecule has 1 amide bonds. The number of nitrogens with one attached hydrogen (secondary N) is 1. The summed E-state index contributed by atoms with van der Waals surface area (Å²) in [6, 6.07) is 13.3. The van der Waals surface area contributed by atoms with Gasteiger partial charge in [-0.05, 0) is 48.7 Å². The van der Waals surface area contributed by atoms with Gasteiger partial charge in [-0.1, -0.05) is 17.3 Å². The number of hydrogen-bond donors (Lipinski definition) is 1. The molecule has 0 atom stereocenters. The number of hydrogen-bond acceptors (Lipinski definition) is 6. The van der Waals surface area contributed by atoms with Crippen molar-refractivity contribution in [2.75, 3.05) is 34.0 Å². The molecule has 8 heteroatoms. The Morgan fingerprint density at radius 3 is 2.53 bits per heavy atom. The summed E-state index contributed by atoms with van der Waals surface area (Å²) in [7, 11) is 3.12. The standard InChI is InChI=1S/C24H25FN2O5/c1-29-18-7-8-21(30-2)19(13-18)22-14-20(27-32-22)23(28)26-15-24(9-11-31-12-10-24)16-3-5-17(25)6-4-16/h3-8,13-14H,9-12,15H2,1-2H3,(H,26,28). The van der Waals surface area contributed by atoms with Crippen molar-refractivity contribution in [2.45, 2.75) is 18.3 Å². The van der Waals surface area contributed by atoms with Gasteiger partial charge in [-0.15, -0.1) is 0 Å². The zero-order valence-corrected chi connectivity index (χ0v) is 18.0. The molecule has 3 aromatic rings. The number of ether oxygens (including phenoxy) is 3. The smallest absolute Gasteiger partial charge is 0.273 e. The molecular formula is C24H25FN2O5. The van der Waals surface area contributed by atoms with E-state index in [1.54, 1.807) is 50.6 Å². The van der Waals surface area contributed by atoms with Gasteiger partial charge in [-0.25, -0.2) is 4.39 Å². The Morgan fingerprint density at radius 1 is 1.09 bits per heavy atom. The summed E-state index contributed by atoms with van der Waals surface area (Å²) in [6.07, 6.45) is 1.45. The average molecular weight is 440 g/mol. The molecule has 1 saturated heterocycles. The average Bonchev–Trinajstić information content (AvgIpc) is 3.33. The Morgan fingerprint density at radius 2 is 1.84 bits per heavy atom. The van der Waals surface area contributed by atoms with Crippen LogP contribution in [0.25, 0.3) is 11.3 Å². The molecule has 2 aromatic carbocycles. The molecule has 0 saturated carbocycles. The van der Waals surface area contributed by atoms with Crippen molar-refractivity contribution in [3.8, 4) is 22.8 Å². The monoisotopic (exact) mass is 440 g/mol. The second kappa shape index (κ2) is 9.40. The van der Waals surface area contributed by atoms with Crippen molar-refractivity contribution in [2.24, 2.45) is 0 Å². The van der Waals surface area contributed by atoms with Crippen LogP contribution in [0.2, 0.25) is 0 Å². The molecule has 0 aliphatic carbocycles. The Kier molecular flexibility index (Phi) is 6.41. The third kappa shape index (κ3) is 4.45. The third-order valence-corrected chi connectivity index (χ3v) is 5.91. The van der Waals surface area contributed by atoms with E-state index in [9.17, 15) is 9.18 Å². The van der Waals surface area contributed by atoms with Gasteiger partial charge in [0.25, 0.3) is 5.91 Å². The molecule has 0 spiro atoms. The fourth-order valence-electron chi connectivity index (χ4n) is 3.99. The van der Waals surface area contributed by atoms with E-state index in [1.807, 2.05) is 0 Å². The molecule has 7 nitrogen and oxygen atoms in total. The van der Waals surface area contributed by atoms with Crippen LogP contribution in [0.5, 0.6) is 11.5 Å². The third-order valence-electron chi connectivity index (χ3n) is 5.91. The van der Waals surface area contributed by atoms with E-state index in [0.29, 0.717) is 42.6 Å². The van der Waals surface area contributed by atoms with Crippen LogP contribution < -0.4 is 14.8 Å². The van der Waals surface area contributed by atoms with Gasteiger partial charge in [-0.2, -0.15) is 0 Å². The minimum absolute atomic E-state index is 0.159. The van der Waals surface area contributed by atoms with Gasteiger partial charge >= 0.3 is 0 Å². The van der Waals surface area contributed by atoms with Crippen LogP contribution in [0.3, 0.4) is 0 Å². The van der Waals surface area contributed by atoms with Crippen molar-refractivity contribution in [3.05, 3.63) is 65.6 Å². The van der Waals surface area contributed by atoms with E-state index < -0.39 is 0 Å². The molecule has 1 aliphatic heterocycles. The number of benzene rings is 2.